The molecule has 0 N–H and O–H groups in total. The first-order chi connectivity index (χ1) is 7.36. The molecule has 0 saturated heterocycles. The molecule has 15 heavy (non-hydrogen) atoms. The van der Waals surface area contributed by atoms with Gasteiger partial charge in [-0.25, -0.2) is 0 Å². The zero-order valence-electron chi connectivity index (χ0n) is 9.90. The van der Waals surface area contributed by atoms with Crippen molar-refractivity contribution >= 4 is 0 Å². The smallest absolute Gasteiger partial charge is 0.00559 e. The Balaban J connectivity index is 0.000000531. The van der Waals surface area contributed by atoms with Crippen LogP contribution in [0.2, 0.25) is 0 Å². The maximum absolute atomic E-state index is 2.30. The van der Waals surface area contributed by atoms with Gasteiger partial charge in [0.05, 0.1) is 0 Å². The molecule has 1 aromatic rings. The van der Waals surface area contributed by atoms with Gasteiger partial charge in [-0.15, -0.1) is 0 Å². The van der Waals surface area contributed by atoms with E-state index in [2.05, 4.69) is 55.5 Å². The van der Waals surface area contributed by atoms with E-state index in [4.69, 9.17) is 0 Å². The van der Waals surface area contributed by atoms with Crippen molar-refractivity contribution < 1.29 is 0 Å². The molecule has 80 valence electrons. The number of allylic oxidation sites excluding steroid dienone is 4. The standard InChI is InChI=1S/C13H14.C2H6/c1-11-7-9-13(10-8-11)12-5-3-2-4-6-12;1-2/h2-9,13H,10H2,1H3;1-2H3. The summed E-state index contributed by atoms with van der Waals surface area (Å²) in [5.41, 5.74) is 2.80. The van der Waals surface area contributed by atoms with E-state index in [-0.39, 0.29) is 0 Å². The van der Waals surface area contributed by atoms with E-state index in [1.807, 2.05) is 13.8 Å². The van der Waals surface area contributed by atoms with E-state index in [0.717, 1.165) is 6.42 Å². The quantitative estimate of drug-likeness (QED) is 0.616. The van der Waals surface area contributed by atoms with Crippen LogP contribution in [-0.2, 0) is 0 Å². The van der Waals surface area contributed by atoms with Gasteiger partial charge in [-0.05, 0) is 18.9 Å². The van der Waals surface area contributed by atoms with E-state index in [1.165, 1.54) is 11.1 Å². The molecule has 0 nitrogen and oxygen atoms in total. The van der Waals surface area contributed by atoms with Gasteiger partial charge in [0.25, 0.3) is 0 Å². The van der Waals surface area contributed by atoms with E-state index < -0.39 is 0 Å². The molecular formula is C15H20. The molecule has 0 spiro atoms. The van der Waals surface area contributed by atoms with E-state index >= 15 is 0 Å². The molecule has 0 bridgehead atoms. The maximum atomic E-state index is 2.30. The molecule has 1 atom stereocenters. The van der Waals surface area contributed by atoms with Crippen LogP contribution in [0.15, 0.2) is 54.1 Å². The van der Waals surface area contributed by atoms with E-state index in [1.54, 1.807) is 0 Å². The van der Waals surface area contributed by atoms with Crippen LogP contribution < -0.4 is 0 Å². The van der Waals surface area contributed by atoms with E-state index in [9.17, 15) is 0 Å². The summed E-state index contributed by atoms with van der Waals surface area (Å²) in [5.74, 6) is 0.588. The Labute approximate surface area is 93.3 Å². The maximum Gasteiger partial charge on any atom is 0.00559 e. The molecule has 2 rings (SSSR count). The molecule has 0 radical (unpaired) electrons. The Morgan fingerprint density at radius 3 is 2.27 bits per heavy atom. The number of rotatable bonds is 1. The summed E-state index contributed by atoms with van der Waals surface area (Å²) >= 11 is 0. The highest BCUT2D eigenvalue weighted by Crippen LogP contribution is 2.25. The van der Waals surface area contributed by atoms with Gasteiger partial charge in [0.1, 0.15) is 0 Å². The van der Waals surface area contributed by atoms with Crippen LogP contribution in [0, 0.1) is 0 Å². The summed E-state index contributed by atoms with van der Waals surface area (Å²) in [5, 5.41) is 0. The lowest BCUT2D eigenvalue weighted by atomic mass is 9.91. The fourth-order valence-electron chi connectivity index (χ4n) is 1.67. The molecule has 0 heteroatoms. The lowest BCUT2D eigenvalue weighted by molar-refractivity contribution is 0.845. The first-order valence-corrected chi connectivity index (χ1v) is 5.76. The van der Waals surface area contributed by atoms with Crippen LogP contribution in [0.4, 0.5) is 0 Å². The molecule has 0 fully saturated rings. The highest BCUT2D eigenvalue weighted by atomic mass is 14.1. The summed E-state index contributed by atoms with van der Waals surface area (Å²) in [4.78, 5) is 0. The van der Waals surface area contributed by atoms with Crippen molar-refractivity contribution in [2.45, 2.75) is 33.1 Å². The van der Waals surface area contributed by atoms with Crippen molar-refractivity contribution in [2.24, 2.45) is 0 Å². The highest BCUT2D eigenvalue weighted by molar-refractivity contribution is 5.31. The molecule has 1 aliphatic rings. The summed E-state index contributed by atoms with van der Waals surface area (Å²) in [6.07, 6.45) is 7.95. The second-order valence-electron chi connectivity index (χ2n) is 3.56. The minimum Gasteiger partial charge on any atom is -0.0807 e. The summed E-state index contributed by atoms with van der Waals surface area (Å²) in [6.45, 7) is 6.15. The van der Waals surface area contributed by atoms with Gasteiger partial charge in [-0.3, -0.25) is 0 Å². The van der Waals surface area contributed by atoms with Crippen molar-refractivity contribution in [3.8, 4) is 0 Å². The zero-order chi connectivity index (χ0) is 11.1. The largest absolute Gasteiger partial charge is 0.0807 e. The third-order valence-electron chi connectivity index (χ3n) is 2.51. The first kappa shape index (κ1) is 11.8. The van der Waals surface area contributed by atoms with Crippen LogP contribution in [0.3, 0.4) is 0 Å². The Kier molecular flexibility index (Phi) is 4.89. The van der Waals surface area contributed by atoms with Crippen LogP contribution in [-0.4, -0.2) is 0 Å². The van der Waals surface area contributed by atoms with Crippen molar-refractivity contribution in [1.82, 2.24) is 0 Å². The summed E-state index contributed by atoms with van der Waals surface area (Å²) in [7, 11) is 0. The van der Waals surface area contributed by atoms with Crippen molar-refractivity contribution in [3.05, 3.63) is 59.7 Å². The molecule has 0 aliphatic heterocycles. The normalized spacial score (nSPS) is 18.9. The Morgan fingerprint density at radius 1 is 1.07 bits per heavy atom. The van der Waals surface area contributed by atoms with Gasteiger partial charge in [0.15, 0.2) is 0 Å². The van der Waals surface area contributed by atoms with Gasteiger partial charge in [-0.2, -0.15) is 0 Å². The van der Waals surface area contributed by atoms with Crippen molar-refractivity contribution in [3.63, 3.8) is 0 Å². The third kappa shape index (κ3) is 3.39. The Morgan fingerprint density at radius 2 is 1.73 bits per heavy atom. The number of hydrogen-bond donors (Lipinski definition) is 0. The van der Waals surface area contributed by atoms with Gasteiger partial charge >= 0.3 is 0 Å². The topological polar surface area (TPSA) is 0 Å². The fraction of sp³-hybridized carbons (Fsp3) is 0.333. The van der Waals surface area contributed by atoms with Crippen LogP contribution in [0.25, 0.3) is 0 Å². The zero-order valence-corrected chi connectivity index (χ0v) is 9.90. The summed E-state index contributed by atoms with van der Waals surface area (Å²) < 4.78 is 0. The monoisotopic (exact) mass is 200 g/mol. The van der Waals surface area contributed by atoms with E-state index in [0.29, 0.717) is 5.92 Å². The highest BCUT2D eigenvalue weighted by Gasteiger charge is 2.08. The molecular weight excluding hydrogens is 180 g/mol. The molecule has 1 aliphatic carbocycles. The average Bonchev–Trinajstić information content (AvgIpc) is 2.34. The third-order valence-corrected chi connectivity index (χ3v) is 2.51. The molecule has 0 heterocycles. The predicted molar refractivity (Wildman–Crippen MR) is 68.0 cm³/mol. The molecule has 1 aromatic carbocycles. The number of hydrogen-bond acceptors (Lipinski definition) is 0. The molecule has 0 amide bonds. The SMILES string of the molecule is CC.CC1=CCC(c2ccccc2)C=C1. The van der Waals surface area contributed by atoms with Crippen LogP contribution in [0.1, 0.15) is 38.7 Å². The van der Waals surface area contributed by atoms with Crippen molar-refractivity contribution in [1.29, 1.82) is 0 Å². The van der Waals surface area contributed by atoms with Crippen molar-refractivity contribution in [2.75, 3.05) is 0 Å². The lowest BCUT2D eigenvalue weighted by Crippen LogP contribution is -1.96. The second kappa shape index (κ2) is 6.23. The fourth-order valence-corrected chi connectivity index (χ4v) is 1.67. The Bertz CT molecular complexity index is 330. The molecule has 1 unspecified atom stereocenters. The minimum atomic E-state index is 0.588. The van der Waals surface area contributed by atoms with Crippen LogP contribution >= 0.6 is 0 Å². The van der Waals surface area contributed by atoms with Gasteiger partial charge < -0.3 is 0 Å². The second-order valence-corrected chi connectivity index (χ2v) is 3.56. The van der Waals surface area contributed by atoms with Gasteiger partial charge in [0.2, 0.25) is 0 Å². The Hall–Kier alpha value is -1.30. The summed E-state index contributed by atoms with van der Waals surface area (Å²) in [6, 6.07) is 10.7. The first-order valence-electron chi connectivity index (χ1n) is 5.76. The average molecular weight is 200 g/mol. The minimum absolute atomic E-state index is 0.588. The van der Waals surface area contributed by atoms with Gasteiger partial charge in [0, 0.05) is 5.92 Å². The van der Waals surface area contributed by atoms with Crippen LogP contribution in [0.5, 0.6) is 0 Å². The molecule has 0 aromatic heterocycles. The molecule has 0 saturated carbocycles. The van der Waals surface area contributed by atoms with Gasteiger partial charge in [-0.1, -0.05) is 68.0 Å². The predicted octanol–water partition coefficient (Wildman–Crippen LogP) is 4.70. The lowest BCUT2D eigenvalue weighted by Gasteiger charge is -2.14. The number of benzene rings is 1.